The van der Waals surface area contributed by atoms with Gasteiger partial charge in [-0.2, -0.15) is 4.57 Å². The van der Waals surface area contributed by atoms with Crippen LogP contribution in [0, 0.1) is 0 Å². The minimum Gasteiger partial charge on any atom is -0.481 e. The fraction of sp³-hybridized carbons (Fsp3) is 0.200. The maximum absolute atomic E-state index is 11.0. The molecule has 3 aromatic rings. The molecule has 0 amide bonds. The van der Waals surface area contributed by atoms with Crippen molar-refractivity contribution in [2.45, 2.75) is 13.0 Å². The number of hydrogen-bond donors (Lipinski definition) is 1. The van der Waals surface area contributed by atoms with Gasteiger partial charge in [-0.3, -0.25) is 4.79 Å². The van der Waals surface area contributed by atoms with E-state index in [1.165, 1.54) is 0 Å². The topological polar surface area (TPSA) is 44.4 Å². The molecule has 4 nitrogen and oxygen atoms in total. The summed E-state index contributed by atoms with van der Waals surface area (Å²) < 4.78 is 3.24. The van der Waals surface area contributed by atoms with Crippen molar-refractivity contribution in [1.82, 2.24) is 0 Å². The summed E-state index contributed by atoms with van der Waals surface area (Å²) in [6, 6.07) is 16.4. The summed E-state index contributed by atoms with van der Waals surface area (Å²) in [7, 11) is 4.04. The largest absolute Gasteiger partial charge is 0.481 e. The van der Waals surface area contributed by atoms with Gasteiger partial charge in [-0.1, -0.05) is 35.6 Å². The number of carboxylic acids is 1. The lowest BCUT2D eigenvalue weighted by Gasteiger charge is -2.11. The van der Waals surface area contributed by atoms with Gasteiger partial charge in [0.05, 0.1) is 0 Å². The molecule has 0 fully saturated rings. The van der Waals surface area contributed by atoms with Gasteiger partial charge in [0.2, 0.25) is 5.52 Å². The van der Waals surface area contributed by atoms with Crippen LogP contribution in [0.4, 0.5) is 5.69 Å². The third-order valence-corrected chi connectivity index (χ3v) is 5.14. The number of aromatic nitrogens is 1. The average Bonchev–Trinajstić information content (AvgIpc) is 2.96. The number of nitrogens with zero attached hydrogens (tertiary/aromatic N) is 2. The summed E-state index contributed by atoms with van der Waals surface area (Å²) in [4.78, 5) is 13.0. The van der Waals surface area contributed by atoms with E-state index in [0.717, 1.165) is 26.5 Å². The van der Waals surface area contributed by atoms with Crippen molar-refractivity contribution < 1.29 is 14.5 Å². The Balaban J connectivity index is 1.91. The van der Waals surface area contributed by atoms with Gasteiger partial charge in [0, 0.05) is 31.9 Å². The van der Waals surface area contributed by atoms with Crippen molar-refractivity contribution in [3.05, 3.63) is 59.1 Å². The second-order valence-corrected chi connectivity index (χ2v) is 7.08. The van der Waals surface area contributed by atoms with Crippen LogP contribution in [0.2, 0.25) is 0 Å². The Morgan fingerprint density at radius 2 is 1.84 bits per heavy atom. The SMILES string of the molecule is CN(C)c1ccc(C=Cc2sc3ccccc3[n+]2CCC(=O)O)cc1. The molecule has 1 heterocycles. The van der Waals surface area contributed by atoms with E-state index in [1.807, 2.05) is 32.3 Å². The van der Waals surface area contributed by atoms with Gasteiger partial charge in [0.15, 0.2) is 6.54 Å². The molecule has 25 heavy (non-hydrogen) atoms. The molecule has 1 N–H and O–H groups in total. The van der Waals surface area contributed by atoms with Gasteiger partial charge in [-0.05, 0) is 29.8 Å². The molecular formula is C20H21N2O2S+. The number of carboxylic acid groups (broad SMARTS) is 1. The Labute approximate surface area is 151 Å². The molecule has 0 unspecified atom stereocenters. The minimum atomic E-state index is -0.781. The quantitative estimate of drug-likeness (QED) is 0.684. The van der Waals surface area contributed by atoms with Crippen molar-refractivity contribution in [1.29, 1.82) is 0 Å². The summed E-state index contributed by atoms with van der Waals surface area (Å²) >= 11 is 1.68. The highest BCUT2D eigenvalue weighted by atomic mass is 32.1. The Hall–Kier alpha value is -2.66. The lowest BCUT2D eigenvalue weighted by molar-refractivity contribution is -0.667. The molecule has 128 valence electrons. The van der Waals surface area contributed by atoms with E-state index in [1.54, 1.807) is 11.3 Å². The number of aliphatic carboxylic acids is 1. The summed E-state index contributed by atoms with van der Waals surface area (Å²) in [5.74, 6) is -0.781. The van der Waals surface area contributed by atoms with E-state index in [9.17, 15) is 4.79 Å². The van der Waals surface area contributed by atoms with Crippen LogP contribution in [-0.4, -0.2) is 25.2 Å². The highest BCUT2D eigenvalue weighted by Crippen LogP contribution is 2.22. The second kappa shape index (κ2) is 7.49. The van der Waals surface area contributed by atoms with Crippen LogP contribution in [0.1, 0.15) is 17.0 Å². The van der Waals surface area contributed by atoms with Crippen molar-refractivity contribution in [3.63, 3.8) is 0 Å². The van der Waals surface area contributed by atoms with Gasteiger partial charge >= 0.3 is 5.97 Å². The molecule has 0 aliphatic carbocycles. The van der Waals surface area contributed by atoms with Gasteiger partial charge in [0.25, 0.3) is 5.01 Å². The number of aryl methyl sites for hydroxylation is 1. The fourth-order valence-electron chi connectivity index (χ4n) is 2.67. The maximum Gasteiger partial charge on any atom is 0.309 e. The van der Waals surface area contributed by atoms with Crippen LogP contribution in [0.3, 0.4) is 0 Å². The number of benzene rings is 2. The normalized spacial score (nSPS) is 11.3. The molecule has 0 aliphatic heterocycles. The molecule has 0 bridgehead atoms. The third-order valence-electron chi connectivity index (χ3n) is 4.01. The number of thiazole rings is 1. The summed E-state index contributed by atoms with van der Waals surface area (Å²) in [6.07, 6.45) is 4.25. The molecule has 0 saturated carbocycles. The van der Waals surface area contributed by atoms with Crippen LogP contribution in [0.15, 0.2) is 48.5 Å². The van der Waals surface area contributed by atoms with E-state index < -0.39 is 5.97 Å². The van der Waals surface area contributed by atoms with Crippen LogP contribution >= 0.6 is 11.3 Å². The number of hydrogen-bond acceptors (Lipinski definition) is 3. The van der Waals surface area contributed by atoms with E-state index in [-0.39, 0.29) is 6.42 Å². The zero-order valence-corrected chi connectivity index (χ0v) is 15.2. The van der Waals surface area contributed by atoms with E-state index in [4.69, 9.17) is 5.11 Å². The van der Waals surface area contributed by atoms with Gasteiger partial charge < -0.3 is 10.0 Å². The molecule has 0 spiro atoms. The van der Waals surface area contributed by atoms with Crippen molar-refractivity contribution >= 4 is 45.4 Å². The zero-order chi connectivity index (χ0) is 17.8. The highest BCUT2D eigenvalue weighted by molar-refractivity contribution is 7.18. The van der Waals surface area contributed by atoms with Crippen LogP contribution in [-0.2, 0) is 11.3 Å². The molecule has 0 saturated heterocycles. The Kier molecular flexibility index (Phi) is 5.14. The highest BCUT2D eigenvalue weighted by Gasteiger charge is 2.18. The fourth-order valence-corrected chi connectivity index (χ4v) is 3.76. The lowest BCUT2D eigenvalue weighted by Crippen LogP contribution is -2.36. The smallest absolute Gasteiger partial charge is 0.309 e. The monoisotopic (exact) mass is 353 g/mol. The first-order valence-corrected chi connectivity index (χ1v) is 8.95. The van der Waals surface area contributed by atoms with E-state index in [2.05, 4.69) is 52.0 Å². The number of fused-ring (bicyclic) bond motifs is 1. The number of carbonyl (C=O) groups is 1. The summed E-state index contributed by atoms with van der Waals surface area (Å²) in [6.45, 7) is 0.471. The first-order chi connectivity index (χ1) is 12.0. The minimum absolute atomic E-state index is 0.115. The zero-order valence-electron chi connectivity index (χ0n) is 14.3. The average molecular weight is 353 g/mol. The van der Waals surface area contributed by atoms with Gasteiger partial charge in [-0.25, -0.2) is 0 Å². The van der Waals surface area contributed by atoms with Crippen molar-refractivity contribution in [2.24, 2.45) is 0 Å². The lowest BCUT2D eigenvalue weighted by atomic mass is 10.2. The van der Waals surface area contributed by atoms with Crippen molar-refractivity contribution in [3.8, 4) is 0 Å². The number of anilines is 1. The second-order valence-electron chi connectivity index (χ2n) is 6.02. The van der Waals surface area contributed by atoms with Crippen LogP contribution in [0.5, 0.6) is 0 Å². The summed E-state index contributed by atoms with van der Waals surface area (Å²) in [5.41, 5.74) is 3.36. The van der Waals surface area contributed by atoms with Crippen LogP contribution in [0.25, 0.3) is 22.4 Å². The predicted molar refractivity (Wildman–Crippen MR) is 104 cm³/mol. The first kappa shape index (κ1) is 17.2. The Bertz CT molecular complexity index is 911. The molecule has 0 atom stereocenters. The Morgan fingerprint density at radius 3 is 2.52 bits per heavy atom. The first-order valence-electron chi connectivity index (χ1n) is 8.13. The summed E-state index contributed by atoms with van der Waals surface area (Å²) in [5, 5.41) is 10.1. The maximum atomic E-state index is 11.0. The number of rotatable bonds is 6. The van der Waals surface area contributed by atoms with Crippen molar-refractivity contribution in [2.75, 3.05) is 19.0 Å². The molecular weight excluding hydrogens is 332 g/mol. The molecule has 0 radical (unpaired) electrons. The van der Waals surface area contributed by atoms with Crippen LogP contribution < -0.4 is 9.47 Å². The Morgan fingerprint density at radius 1 is 1.12 bits per heavy atom. The molecule has 0 aliphatic rings. The molecule has 5 heteroatoms. The third kappa shape index (κ3) is 4.06. The molecule has 2 aromatic carbocycles. The molecule has 3 rings (SSSR count). The predicted octanol–water partition coefficient (Wildman–Crippen LogP) is 3.90. The number of para-hydroxylation sites is 1. The van der Waals surface area contributed by atoms with E-state index >= 15 is 0 Å². The molecule has 1 aromatic heterocycles. The van der Waals surface area contributed by atoms with Gasteiger partial charge in [-0.15, -0.1) is 0 Å². The van der Waals surface area contributed by atoms with E-state index in [0.29, 0.717) is 6.54 Å². The van der Waals surface area contributed by atoms with Gasteiger partial charge in [0.1, 0.15) is 11.1 Å². The standard InChI is InChI=1S/C20H20N2O2S/c1-21(2)16-10-7-15(8-11-16)9-12-19-22(14-13-20(23)24)17-5-3-4-6-18(17)25-19/h3-12H,13-14H2,1-2H3/p+1.